The third-order valence-corrected chi connectivity index (χ3v) is 4.85. The van der Waals surface area contributed by atoms with Gasteiger partial charge in [-0.3, -0.25) is 5.41 Å². The lowest BCUT2D eigenvalue weighted by Gasteiger charge is -2.18. The van der Waals surface area contributed by atoms with Crippen molar-refractivity contribution in [2.75, 3.05) is 0 Å². The number of nitrogens with zero attached hydrogens (tertiary/aromatic N) is 2. The molecule has 1 aliphatic rings. The van der Waals surface area contributed by atoms with Crippen LogP contribution >= 0.6 is 0 Å². The van der Waals surface area contributed by atoms with Crippen molar-refractivity contribution in [1.82, 2.24) is 14.3 Å². The van der Waals surface area contributed by atoms with E-state index in [4.69, 9.17) is 11.1 Å². The molecule has 2 unspecified atom stereocenters. The maximum Gasteiger partial charge on any atom is 0.259 e. The molecule has 0 spiro atoms. The minimum Gasteiger partial charge on any atom is -0.387 e. The van der Waals surface area contributed by atoms with Crippen LogP contribution in [0.4, 0.5) is 0 Å². The summed E-state index contributed by atoms with van der Waals surface area (Å²) in [4.78, 5) is 3.90. The van der Waals surface area contributed by atoms with Crippen LogP contribution in [-0.2, 0) is 16.6 Å². The summed E-state index contributed by atoms with van der Waals surface area (Å²) in [5.74, 6) is -0.160. The zero-order chi connectivity index (χ0) is 14.0. The van der Waals surface area contributed by atoms with Crippen LogP contribution in [0, 0.1) is 11.3 Å². The molecule has 2 atom stereocenters. The Hall–Kier alpha value is -1.41. The standard InChI is InChI=1S/C11H19N5O2S/c1-2-16-6-10(14-7-16)19(17,18)15-9-5-3-4-8(9)11(12)13/h6-9,15H,2-5H2,1H3,(H3,12,13). The Balaban J connectivity index is 2.15. The Morgan fingerprint density at radius 2 is 2.37 bits per heavy atom. The van der Waals surface area contributed by atoms with Crippen molar-refractivity contribution in [3.05, 3.63) is 12.5 Å². The summed E-state index contributed by atoms with van der Waals surface area (Å²) in [5, 5.41) is 7.51. The van der Waals surface area contributed by atoms with Crippen molar-refractivity contribution in [1.29, 1.82) is 5.41 Å². The van der Waals surface area contributed by atoms with Crippen LogP contribution in [0.5, 0.6) is 0 Å². The molecule has 19 heavy (non-hydrogen) atoms. The molecular formula is C11H19N5O2S. The van der Waals surface area contributed by atoms with Gasteiger partial charge in [0.05, 0.1) is 12.2 Å². The maximum atomic E-state index is 12.2. The highest BCUT2D eigenvalue weighted by molar-refractivity contribution is 7.89. The monoisotopic (exact) mass is 285 g/mol. The predicted molar refractivity (Wildman–Crippen MR) is 71.3 cm³/mol. The van der Waals surface area contributed by atoms with Crippen LogP contribution in [0.1, 0.15) is 26.2 Å². The minimum atomic E-state index is -3.63. The van der Waals surface area contributed by atoms with Crippen LogP contribution in [0.15, 0.2) is 17.6 Å². The first-order chi connectivity index (χ1) is 8.94. The van der Waals surface area contributed by atoms with Gasteiger partial charge in [-0.1, -0.05) is 6.42 Å². The van der Waals surface area contributed by atoms with Gasteiger partial charge in [-0.05, 0) is 19.8 Å². The summed E-state index contributed by atoms with van der Waals surface area (Å²) in [6, 6.07) is -0.297. The number of sulfonamides is 1. The summed E-state index contributed by atoms with van der Waals surface area (Å²) in [6.07, 6.45) is 5.33. The predicted octanol–water partition coefficient (Wildman–Crippen LogP) is 0.286. The number of nitrogens with one attached hydrogen (secondary N) is 2. The number of amidine groups is 1. The number of hydrogen-bond acceptors (Lipinski definition) is 4. The zero-order valence-corrected chi connectivity index (χ0v) is 11.7. The van der Waals surface area contributed by atoms with E-state index in [0.29, 0.717) is 13.0 Å². The molecule has 0 amide bonds. The van der Waals surface area contributed by atoms with E-state index in [1.807, 2.05) is 6.92 Å². The zero-order valence-electron chi connectivity index (χ0n) is 10.8. The molecule has 0 aliphatic heterocycles. The van der Waals surface area contributed by atoms with Gasteiger partial charge >= 0.3 is 0 Å². The fourth-order valence-corrected chi connectivity index (χ4v) is 3.65. The van der Waals surface area contributed by atoms with E-state index in [-0.39, 0.29) is 22.8 Å². The Morgan fingerprint density at radius 3 is 2.95 bits per heavy atom. The summed E-state index contributed by atoms with van der Waals surface area (Å²) in [7, 11) is -3.63. The molecule has 1 aliphatic carbocycles. The summed E-state index contributed by atoms with van der Waals surface area (Å²) in [5.41, 5.74) is 5.50. The van der Waals surface area contributed by atoms with Crippen molar-refractivity contribution in [2.24, 2.45) is 11.7 Å². The maximum absolute atomic E-state index is 12.2. The summed E-state index contributed by atoms with van der Waals surface area (Å²) in [6.45, 7) is 2.58. The molecule has 0 bridgehead atoms. The van der Waals surface area contributed by atoms with E-state index in [1.54, 1.807) is 4.57 Å². The lowest BCUT2D eigenvalue weighted by Crippen LogP contribution is -2.42. The molecule has 7 nitrogen and oxygen atoms in total. The van der Waals surface area contributed by atoms with Gasteiger partial charge < -0.3 is 10.3 Å². The SMILES string of the molecule is CCn1cnc(S(=O)(=O)NC2CCCC2C(=N)N)c1. The molecule has 1 saturated carbocycles. The topological polar surface area (TPSA) is 114 Å². The van der Waals surface area contributed by atoms with Gasteiger partial charge in [-0.25, -0.2) is 18.1 Å². The molecule has 1 aromatic rings. The molecule has 8 heteroatoms. The van der Waals surface area contributed by atoms with Crippen LogP contribution in [-0.4, -0.2) is 29.8 Å². The largest absolute Gasteiger partial charge is 0.387 e. The first-order valence-electron chi connectivity index (χ1n) is 6.32. The molecule has 2 rings (SSSR count). The molecule has 0 radical (unpaired) electrons. The Labute approximate surface area is 112 Å². The van der Waals surface area contributed by atoms with Crippen molar-refractivity contribution in [2.45, 2.75) is 43.8 Å². The van der Waals surface area contributed by atoms with Crippen molar-refractivity contribution in [3.8, 4) is 0 Å². The van der Waals surface area contributed by atoms with E-state index in [1.165, 1.54) is 12.5 Å². The van der Waals surface area contributed by atoms with E-state index in [0.717, 1.165) is 12.8 Å². The van der Waals surface area contributed by atoms with Gasteiger partial charge in [0.25, 0.3) is 10.0 Å². The highest BCUT2D eigenvalue weighted by Crippen LogP contribution is 2.26. The Bertz CT molecular complexity index is 565. The van der Waals surface area contributed by atoms with Crippen LogP contribution in [0.3, 0.4) is 0 Å². The molecule has 1 fully saturated rings. The van der Waals surface area contributed by atoms with Crippen molar-refractivity contribution >= 4 is 15.9 Å². The van der Waals surface area contributed by atoms with E-state index in [9.17, 15) is 8.42 Å². The first kappa shape index (κ1) is 14.0. The summed E-state index contributed by atoms with van der Waals surface area (Å²) < 4.78 is 28.7. The van der Waals surface area contributed by atoms with Crippen molar-refractivity contribution < 1.29 is 8.42 Å². The van der Waals surface area contributed by atoms with Gasteiger partial charge in [0.1, 0.15) is 0 Å². The lowest BCUT2D eigenvalue weighted by atomic mass is 10.0. The lowest BCUT2D eigenvalue weighted by molar-refractivity contribution is 0.519. The molecule has 4 N–H and O–H groups in total. The third-order valence-electron chi connectivity index (χ3n) is 3.47. The Kier molecular flexibility index (Phi) is 3.91. The highest BCUT2D eigenvalue weighted by Gasteiger charge is 2.33. The van der Waals surface area contributed by atoms with Crippen molar-refractivity contribution in [3.63, 3.8) is 0 Å². The molecule has 1 heterocycles. The average Bonchev–Trinajstić information content (AvgIpc) is 2.95. The molecule has 1 aromatic heterocycles. The fraction of sp³-hybridized carbons (Fsp3) is 0.636. The smallest absolute Gasteiger partial charge is 0.259 e. The number of aryl methyl sites for hydroxylation is 1. The minimum absolute atomic E-state index is 0.0172. The van der Waals surface area contributed by atoms with E-state index in [2.05, 4.69) is 9.71 Å². The van der Waals surface area contributed by atoms with Gasteiger partial charge in [0.15, 0.2) is 5.03 Å². The number of rotatable bonds is 5. The fourth-order valence-electron chi connectivity index (χ4n) is 2.38. The molecule has 106 valence electrons. The second kappa shape index (κ2) is 5.30. The van der Waals surface area contributed by atoms with Gasteiger partial charge in [-0.2, -0.15) is 0 Å². The molecule has 0 saturated heterocycles. The van der Waals surface area contributed by atoms with Crippen LogP contribution < -0.4 is 10.5 Å². The quantitative estimate of drug-likeness (QED) is 0.532. The van der Waals surface area contributed by atoms with Gasteiger partial charge in [0, 0.05) is 24.7 Å². The molecule has 0 aromatic carbocycles. The second-order valence-electron chi connectivity index (χ2n) is 4.76. The number of imidazole rings is 1. The third kappa shape index (κ3) is 2.95. The molecular weight excluding hydrogens is 266 g/mol. The second-order valence-corrected chi connectivity index (χ2v) is 6.42. The normalized spacial score (nSPS) is 23.6. The number of hydrogen-bond donors (Lipinski definition) is 3. The summed E-state index contributed by atoms with van der Waals surface area (Å²) >= 11 is 0. The number of nitrogens with two attached hydrogens (primary N) is 1. The van der Waals surface area contributed by atoms with E-state index >= 15 is 0 Å². The average molecular weight is 285 g/mol. The first-order valence-corrected chi connectivity index (χ1v) is 7.80. The van der Waals surface area contributed by atoms with Crippen LogP contribution in [0.2, 0.25) is 0 Å². The van der Waals surface area contributed by atoms with Gasteiger partial charge in [-0.15, -0.1) is 0 Å². The highest BCUT2D eigenvalue weighted by atomic mass is 32.2. The van der Waals surface area contributed by atoms with Crippen LogP contribution in [0.25, 0.3) is 0 Å². The van der Waals surface area contributed by atoms with Gasteiger partial charge in [0.2, 0.25) is 0 Å². The number of aromatic nitrogens is 2. The Morgan fingerprint density at radius 1 is 1.63 bits per heavy atom. The van der Waals surface area contributed by atoms with E-state index < -0.39 is 10.0 Å².